The summed E-state index contributed by atoms with van der Waals surface area (Å²) in [6.07, 6.45) is 5.26. The van der Waals surface area contributed by atoms with Crippen molar-refractivity contribution in [1.82, 2.24) is 9.97 Å². The lowest BCUT2D eigenvalue weighted by Gasteiger charge is -2.14. The second-order valence-electron chi connectivity index (χ2n) is 4.12. The van der Waals surface area contributed by atoms with Gasteiger partial charge in [-0.15, -0.1) is 0 Å². The Labute approximate surface area is 96.6 Å². The van der Waals surface area contributed by atoms with E-state index in [0.29, 0.717) is 16.3 Å². The number of rotatable bonds is 4. The van der Waals surface area contributed by atoms with Gasteiger partial charge in [0.1, 0.15) is 10.3 Å². The van der Waals surface area contributed by atoms with Crippen LogP contribution >= 0.6 is 15.9 Å². The monoisotopic (exact) mass is 271 g/mol. The second kappa shape index (κ2) is 4.35. The molecule has 0 amide bonds. The Balaban J connectivity index is 2.02. The zero-order chi connectivity index (χ0) is 10.8. The molecule has 0 radical (unpaired) electrons. The van der Waals surface area contributed by atoms with Crippen molar-refractivity contribution in [3.05, 3.63) is 21.2 Å². The van der Waals surface area contributed by atoms with Crippen LogP contribution in [0.25, 0.3) is 0 Å². The maximum absolute atomic E-state index is 11.3. The fourth-order valence-corrected chi connectivity index (χ4v) is 1.96. The van der Waals surface area contributed by atoms with E-state index < -0.39 is 0 Å². The van der Waals surface area contributed by atoms with Gasteiger partial charge in [-0.25, -0.2) is 4.98 Å². The highest BCUT2D eigenvalue weighted by atomic mass is 79.9. The number of nitrogens with zero attached hydrogens (tertiary/aromatic N) is 1. The first-order valence-electron chi connectivity index (χ1n) is 5.16. The van der Waals surface area contributed by atoms with E-state index in [2.05, 4.69) is 38.1 Å². The first-order chi connectivity index (χ1) is 7.16. The van der Waals surface area contributed by atoms with Crippen LogP contribution < -0.4 is 10.9 Å². The number of H-pyrrole nitrogens is 1. The zero-order valence-electron chi connectivity index (χ0n) is 8.59. The number of halogens is 1. The molecule has 1 saturated carbocycles. The van der Waals surface area contributed by atoms with Crippen molar-refractivity contribution in [2.24, 2.45) is 5.92 Å². The number of hydrogen-bond acceptors (Lipinski definition) is 3. The average molecular weight is 272 g/mol. The Morgan fingerprint density at radius 2 is 2.47 bits per heavy atom. The largest absolute Gasteiger partial charge is 0.366 e. The number of aromatic nitrogens is 2. The van der Waals surface area contributed by atoms with Crippen LogP contribution in [0.4, 0.5) is 5.82 Å². The number of anilines is 1. The molecule has 1 aromatic heterocycles. The number of nitrogens with one attached hydrogen (secondary N) is 2. The van der Waals surface area contributed by atoms with Crippen molar-refractivity contribution in [3.8, 4) is 0 Å². The molecule has 1 aromatic rings. The van der Waals surface area contributed by atoms with Crippen molar-refractivity contribution in [2.75, 3.05) is 5.32 Å². The molecule has 0 aliphatic heterocycles. The molecular weight excluding hydrogens is 258 g/mol. The summed E-state index contributed by atoms with van der Waals surface area (Å²) in [5, 5.41) is 3.24. The van der Waals surface area contributed by atoms with Crippen LogP contribution in [0.15, 0.2) is 15.6 Å². The summed E-state index contributed by atoms with van der Waals surface area (Å²) in [5.41, 5.74) is -0.147. The van der Waals surface area contributed by atoms with Gasteiger partial charge >= 0.3 is 0 Å². The first kappa shape index (κ1) is 10.7. The minimum atomic E-state index is -0.147. The van der Waals surface area contributed by atoms with Gasteiger partial charge in [0.05, 0.1) is 6.33 Å². The Hall–Kier alpha value is -0.840. The van der Waals surface area contributed by atoms with E-state index in [1.807, 2.05) is 0 Å². The molecule has 1 aliphatic carbocycles. The smallest absolute Gasteiger partial charge is 0.267 e. The highest BCUT2D eigenvalue weighted by Gasteiger charge is 2.23. The molecule has 1 aliphatic rings. The lowest BCUT2D eigenvalue weighted by atomic mass is 10.1. The second-order valence-corrected chi connectivity index (χ2v) is 4.91. The van der Waals surface area contributed by atoms with Crippen LogP contribution in [-0.2, 0) is 0 Å². The Morgan fingerprint density at radius 1 is 1.73 bits per heavy atom. The molecule has 1 unspecified atom stereocenters. The molecule has 0 bridgehead atoms. The number of hydrogen-bond donors (Lipinski definition) is 2. The highest BCUT2D eigenvalue weighted by Crippen LogP contribution is 2.34. The molecule has 5 heteroatoms. The molecule has 2 rings (SSSR count). The van der Waals surface area contributed by atoms with Crippen LogP contribution in [0.2, 0.25) is 0 Å². The van der Waals surface area contributed by atoms with Gasteiger partial charge in [0.25, 0.3) is 5.56 Å². The lowest BCUT2D eigenvalue weighted by molar-refractivity contribution is 0.639. The molecule has 15 heavy (non-hydrogen) atoms. The van der Waals surface area contributed by atoms with Gasteiger partial charge in [-0.05, 0) is 35.2 Å². The molecule has 4 nitrogen and oxygen atoms in total. The molecule has 1 atom stereocenters. The number of aromatic amines is 1. The van der Waals surface area contributed by atoms with Crippen LogP contribution in [0.1, 0.15) is 26.2 Å². The summed E-state index contributed by atoms with van der Waals surface area (Å²) in [5.74, 6) is 1.50. The fraction of sp³-hybridized carbons (Fsp3) is 0.600. The van der Waals surface area contributed by atoms with Gasteiger partial charge in [0, 0.05) is 6.04 Å². The summed E-state index contributed by atoms with van der Waals surface area (Å²) < 4.78 is 0.479. The standard InChI is InChI=1S/C10H14BrN3O/c1-6(4-7-2-3-7)14-9-8(11)10(15)13-5-12-9/h5-7H,2-4H2,1H3,(H2,12,13,14,15). The molecule has 1 fully saturated rings. The van der Waals surface area contributed by atoms with Crippen molar-refractivity contribution >= 4 is 21.7 Å². The Bertz CT molecular complexity index is 400. The summed E-state index contributed by atoms with van der Waals surface area (Å²) in [7, 11) is 0. The van der Waals surface area contributed by atoms with Gasteiger partial charge in [-0.3, -0.25) is 4.79 Å². The lowest BCUT2D eigenvalue weighted by Crippen LogP contribution is -2.20. The van der Waals surface area contributed by atoms with Crippen LogP contribution in [-0.4, -0.2) is 16.0 Å². The third-order valence-electron chi connectivity index (χ3n) is 2.56. The minimum Gasteiger partial charge on any atom is -0.366 e. The van der Waals surface area contributed by atoms with Crippen LogP contribution in [0.5, 0.6) is 0 Å². The zero-order valence-corrected chi connectivity index (χ0v) is 10.2. The predicted octanol–water partition coefficient (Wildman–Crippen LogP) is 2.13. The third-order valence-corrected chi connectivity index (χ3v) is 3.30. The molecule has 0 aromatic carbocycles. The molecular formula is C10H14BrN3O. The van der Waals surface area contributed by atoms with Gasteiger partial charge in [-0.2, -0.15) is 0 Å². The fourth-order valence-electron chi connectivity index (χ4n) is 1.63. The van der Waals surface area contributed by atoms with Crippen LogP contribution in [0, 0.1) is 5.92 Å². The van der Waals surface area contributed by atoms with Gasteiger partial charge in [-0.1, -0.05) is 12.8 Å². The van der Waals surface area contributed by atoms with Crippen LogP contribution in [0.3, 0.4) is 0 Å². The summed E-state index contributed by atoms with van der Waals surface area (Å²) in [6.45, 7) is 2.12. The predicted molar refractivity (Wildman–Crippen MR) is 63.0 cm³/mol. The van der Waals surface area contributed by atoms with Gasteiger partial charge < -0.3 is 10.3 Å². The highest BCUT2D eigenvalue weighted by molar-refractivity contribution is 9.10. The van der Waals surface area contributed by atoms with E-state index in [1.54, 1.807) is 0 Å². The molecule has 2 N–H and O–H groups in total. The first-order valence-corrected chi connectivity index (χ1v) is 5.96. The Morgan fingerprint density at radius 3 is 3.13 bits per heavy atom. The van der Waals surface area contributed by atoms with E-state index in [-0.39, 0.29) is 5.56 Å². The molecule has 0 saturated heterocycles. The maximum atomic E-state index is 11.3. The van der Waals surface area contributed by atoms with E-state index in [0.717, 1.165) is 12.3 Å². The summed E-state index contributed by atoms with van der Waals surface area (Å²) >= 11 is 3.22. The quantitative estimate of drug-likeness (QED) is 0.882. The van der Waals surface area contributed by atoms with Gasteiger partial charge in [0.15, 0.2) is 0 Å². The topological polar surface area (TPSA) is 57.8 Å². The van der Waals surface area contributed by atoms with Crippen molar-refractivity contribution in [2.45, 2.75) is 32.2 Å². The van der Waals surface area contributed by atoms with E-state index in [9.17, 15) is 4.79 Å². The van der Waals surface area contributed by atoms with Gasteiger partial charge in [0.2, 0.25) is 0 Å². The SMILES string of the molecule is CC(CC1CC1)Nc1nc[nH]c(=O)c1Br. The van der Waals surface area contributed by atoms with E-state index in [1.165, 1.54) is 19.2 Å². The normalized spacial score (nSPS) is 17.5. The summed E-state index contributed by atoms with van der Waals surface area (Å²) in [4.78, 5) is 17.9. The molecule has 82 valence electrons. The third kappa shape index (κ3) is 2.81. The Kier molecular flexibility index (Phi) is 3.09. The van der Waals surface area contributed by atoms with E-state index in [4.69, 9.17) is 0 Å². The van der Waals surface area contributed by atoms with Crippen molar-refractivity contribution in [1.29, 1.82) is 0 Å². The molecule has 1 heterocycles. The maximum Gasteiger partial charge on any atom is 0.267 e. The average Bonchev–Trinajstić information content (AvgIpc) is 2.97. The summed E-state index contributed by atoms with van der Waals surface area (Å²) in [6, 6.07) is 0.364. The van der Waals surface area contributed by atoms with Crippen molar-refractivity contribution in [3.63, 3.8) is 0 Å². The van der Waals surface area contributed by atoms with Crippen molar-refractivity contribution < 1.29 is 0 Å². The van der Waals surface area contributed by atoms with E-state index >= 15 is 0 Å². The molecule has 0 spiro atoms. The minimum absolute atomic E-state index is 0.147.